The number of rotatable bonds is 4. The summed E-state index contributed by atoms with van der Waals surface area (Å²) in [4.78, 5) is 24.1. The van der Waals surface area contributed by atoms with Gasteiger partial charge in [0.25, 0.3) is 11.8 Å². The maximum absolute atomic E-state index is 12.1. The summed E-state index contributed by atoms with van der Waals surface area (Å²) in [6.07, 6.45) is 3.55. The van der Waals surface area contributed by atoms with Gasteiger partial charge in [-0.2, -0.15) is 0 Å². The molecule has 3 aromatic rings. The van der Waals surface area contributed by atoms with Crippen molar-refractivity contribution in [2.75, 3.05) is 0 Å². The monoisotopic (exact) mass is 339 g/mol. The third-order valence-corrected chi connectivity index (χ3v) is 3.77. The second-order valence-electron chi connectivity index (χ2n) is 5.60. The number of amides is 2. The van der Waals surface area contributed by atoms with E-state index in [0.717, 1.165) is 12.8 Å². The van der Waals surface area contributed by atoms with Crippen LogP contribution in [0.25, 0.3) is 5.69 Å². The number of hydrogen-bond donors (Lipinski definition) is 2. The summed E-state index contributed by atoms with van der Waals surface area (Å²) in [7, 11) is 0. The van der Waals surface area contributed by atoms with Crippen molar-refractivity contribution in [1.82, 2.24) is 36.2 Å². The Morgan fingerprint density at radius 3 is 2.56 bits per heavy atom. The number of hydrazine groups is 1. The number of carbonyl (C=O) groups is 2. The van der Waals surface area contributed by atoms with Crippen LogP contribution in [0.3, 0.4) is 0 Å². The third kappa shape index (κ3) is 3.22. The van der Waals surface area contributed by atoms with Crippen LogP contribution in [0.5, 0.6) is 0 Å². The van der Waals surface area contributed by atoms with Crippen molar-refractivity contribution < 1.29 is 14.1 Å². The summed E-state index contributed by atoms with van der Waals surface area (Å²) in [5.41, 5.74) is 5.87. The van der Waals surface area contributed by atoms with Gasteiger partial charge in [-0.1, -0.05) is 5.16 Å². The number of aromatic nitrogens is 5. The van der Waals surface area contributed by atoms with Crippen molar-refractivity contribution in [1.29, 1.82) is 0 Å². The van der Waals surface area contributed by atoms with Gasteiger partial charge in [-0.25, -0.2) is 4.68 Å². The molecule has 2 amide bonds. The SMILES string of the molecule is O=C(NNC(=O)c1cc(C2CC2)on1)c1ccc(-n2cnnn2)cc1. The average molecular weight is 339 g/mol. The summed E-state index contributed by atoms with van der Waals surface area (Å²) >= 11 is 0. The minimum Gasteiger partial charge on any atom is -0.360 e. The predicted octanol–water partition coefficient (Wildman–Crippen LogP) is 0.602. The van der Waals surface area contributed by atoms with Gasteiger partial charge in [-0.05, 0) is 47.5 Å². The van der Waals surface area contributed by atoms with Crippen LogP contribution in [-0.2, 0) is 0 Å². The van der Waals surface area contributed by atoms with Crippen LogP contribution in [0.4, 0.5) is 0 Å². The van der Waals surface area contributed by atoms with Crippen molar-refractivity contribution >= 4 is 11.8 Å². The van der Waals surface area contributed by atoms with E-state index in [4.69, 9.17) is 4.52 Å². The van der Waals surface area contributed by atoms with Gasteiger partial charge < -0.3 is 4.52 Å². The standard InChI is InChI=1S/C15H13N7O3/c23-14(10-3-5-11(6-4-10)22-8-16-20-21-22)17-18-15(24)12-7-13(25-19-12)9-1-2-9/h3-9H,1-2H2,(H,17,23)(H,18,24). The van der Waals surface area contributed by atoms with E-state index >= 15 is 0 Å². The Balaban J connectivity index is 1.35. The lowest BCUT2D eigenvalue weighted by molar-refractivity contribution is 0.0841. The molecular weight excluding hydrogens is 326 g/mol. The molecule has 1 saturated carbocycles. The van der Waals surface area contributed by atoms with Crippen molar-refractivity contribution in [2.24, 2.45) is 0 Å². The minimum absolute atomic E-state index is 0.135. The highest BCUT2D eigenvalue weighted by Crippen LogP contribution is 2.40. The summed E-state index contributed by atoms with van der Waals surface area (Å²) < 4.78 is 6.57. The minimum atomic E-state index is -0.533. The van der Waals surface area contributed by atoms with E-state index in [9.17, 15) is 9.59 Å². The zero-order chi connectivity index (χ0) is 17.2. The third-order valence-electron chi connectivity index (χ3n) is 3.77. The number of hydrogen-bond acceptors (Lipinski definition) is 7. The highest BCUT2D eigenvalue weighted by atomic mass is 16.5. The molecule has 10 heteroatoms. The van der Waals surface area contributed by atoms with Gasteiger partial charge in [0.15, 0.2) is 5.69 Å². The van der Waals surface area contributed by atoms with E-state index in [1.807, 2.05) is 0 Å². The Morgan fingerprint density at radius 1 is 1.12 bits per heavy atom. The Labute approximate surface area is 141 Å². The lowest BCUT2D eigenvalue weighted by Crippen LogP contribution is -2.41. The van der Waals surface area contributed by atoms with Crippen LogP contribution in [0.2, 0.25) is 0 Å². The van der Waals surface area contributed by atoms with Crippen molar-refractivity contribution in [3.05, 3.63) is 53.7 Å². The zero-order valence-corrected chi connectivity index (χ0v) is 12.9. The maximum atomic E-state index is 12.1. The molecule has 0 bridgehead atoms. The van der Waals surface area contributed by atoms with Gasteiger partial charge in [0.1, 0.15) is 12.1 Å². The first kappa shape index (κ1) is 15.0. The topological polar surface area (TPSA) is 128 Å². The van der Waals surface area contributed by atoms with E-state index in [0.29, 0.717) is 22.9 Å². The molecule has 0 unspecified atom stereocenters. The van der Waals surface area contributed by atoms with E-state index in [1.54, 1.807) is 30.3 Å². The molecule has 0 radical (unpaired) electrons. The van der Waals surface area contributed by atoms with Crippen molar-refractivity contribution in [3.63, 3.8) is 0 Å². The average Bonchev–Trinajstić information content (AvgIpc) is 3.14. The van der Waals surface area contributed by atoms with E-state index in [-0.39, 0.29) is 5.69 Å². The Kier molecular flexibility index (Phi) is 3.69. The fourth-order valence-electron chi connectivity index (χ4n) is 2.25. The second kappa shape index (κ2) is 6.15. The van der Waals surface area contributed by atoms with Gasteiger partial charge in [-0.3, -0.25) is 20.4 Å². The van der Waals surface area contributed by atoms with Crippen LogP contribution >= 0.6 is 0 Å². The molecule has 1 aliphatic carbocycles. The first-order valence-electron chi connectivity index (χ1n) is 7.61. The smallest absolute Gasteiger partial charge is 0.291 e. The Morgan fingerprint density at radius 2 is 1.88 bits per heavy atom. The van der Waals surface area contributed by atoms with Crippen LogP contribution in [-0.4, -0.2) is 37.2 Å². The summed E-state index contributed by atoms with van der Waals surface area (Å²) in [5.74, 6) is 0.0776. The molecule has 25 heavy (non-hydrogen) atoms. The molecule has 1 aliphatic rings. The molecule has 0 atom stereocenters. The fourth-order valence-corrected chi connectivity index (χ4v) is 2.25. The molecule has 4 rings (SSSR count). The molecule has 2 aromatic heterocycles. The quantitative estimate of drug-likeness (QED) is 0.666. The molecule has 10 nitrogen and oxygen atoms in total. The highest BCUT2D eigenvalue weighted by Gasteiger charge is 2.28. The largest absolute Gasteiger partial charge is 0.360 e. The molecule has 126 valence electrons. The number of nitrogens with one attached hydrogen (secondary N) is 2. The molecule has 0 saturated heterocycles. The van der Waals surface area contributed by atoms with E-state index < -0.39 is 11.8 Å². The Bertz CT molecular complexity index is 898. The van der Waals surface area contributed by atoms with Crippen LogP contribution in [0.1, 0.15) is 45.4 Å². The molecule has 1 aromatic carbocycles. The second-order valence-corrected chi connectivity index (χ2v) is 5.60. The van der Waals surface area contributed by atoms with Crippen molar-refractivity contribution in [2.45, 2.75) is 18.8 Å². The van der Waals surface area contributed by atoms with Gasteiger partial charge in [0.2, 0.25) is 0 Å². The molecule has 1 fully saturated rings. The van der Waals surface area contributed by atoms with Gasteiger partial charge in [0, 0.05) is 17.5 Å². The lowest BCUT2D eigenvalue weighted by atomic mass is 10.2. The normalized spacial score (nSPS) is 13.4. The zero-order valence-electron chi connectivity index (χ0n) is 12.9. The summed E-state index contributed by atoms with van der Waals surface area (Å²) in [6.45, 7) is 0. The highest BCUT2D eigenvalue weighted by molar-refractivity contribution is 5.98. The number of nitrogens with zero attached hydrogens (tertiary/aromatic N) is 5. The van der Waals surface area contributed by atoms with Crippen LogP contribution in [0.15, 0.2) is 41.2 Å². The fraction of sp³-hybridized carbons (Fsp3) is 0.200. The van der Waals surface area contributed by atoms with Gasteiger partial charge in [0.05, 0.1) is 5.69 Å². The number of carbonyl (C=O) groups excluding carboxylic acids is 2. The molecule has 0 spiro atoms. The van der Waals surface area contributed by atoms with Crippen LogP contribution in [0, 0.1) is 0 Å². The van der Waals surface area contributed by atoms with Crippen molar-refractivity contribution in [3.8, 4) is 5.69 Å². The maximum Gasteiger partial charge on any atom is 0.291 e. The number of tetrazole rings is 1. The molecular formula is C15H13N7O3. The predicted molar refractivity (Wildman–Crippen MR) is 82.6 cm³/mol. The number of benzene rings is 1. The Hall–Kier alpha value is -3.56. The first-order chi connectivity index (χ1) is 12.2. The van der Waals surface area contributed by atoms with Gasteiger partial charge >= 0.3 is 0 Å². The first-order valence-corrected chi connectivity index (χ1v) is 7.61. The summed E-state index contributed by atoms with van der Waals surface area (Å²) in [6, 6.07) is 8.17. The molecule has 2 heterocycles. The van der Waals surface area contributed by atoms with E-state index in [2.05, 4.69) is 31.5 Å². The summed E-state index contributed by atoms with van der Waals surface area (Å²) in [5, 5.41) is 14.5. The lowest BCUT2D eigenvalue weighted by Gasteiger charge is -2.06. The molecule has 2 N–H and O–H groups in total. The molecule has 0 aliphatic heterocycles. The van der Waals surface area contributed by atoms with Gasteiger partial charge in [-0.15, -0.1) is 5.10 Å². The van der Waals surface area contributed by atoms with E-state index in [1.165, 1.54) is 11.0 Å². The van der Waals surface area contributed by atoms with Crippen LogP contribution < -0.4 is 10.9 Å².